The molecular formula is C17H11FN2O3S. The Morgan fingerprint density at radius 3 is 2.29 bits per heavy atom. The Morgan fingerprint density at radius 1 is 1.04 bits per heavy atom. The van der Waals surface area contributed by atoms with Gasteiger partial charge in [-0.1, -0.05) is 12.1 Å². The molecule has 7 heteroatoms. The highest BCUT2D eigenvalue weighted by atomic mass is 32.1. The van der Waals surface area contributed by atoms with Gasteiger partial charge < -0.3 is 10.1 Å². The van der Waals surface area contributed by atoms with Gasteiger partial charge in [0.05, 0.1) is 5.56 Å². The average molecular weight is 342 g/mol. The summed E-state index contributed by atoms with van der Waals surface area (Å²) in [5.74, 6) is -0.964. The molecule has 0 unspecified atom stereocenters. The van der Waals surface area contributed by atoms with Crippen molar-refractivity contribution in [2.75, 3.05) is 0 Å². The Morgan fingerprint density at radius 2 is 1.71 bits per heavy atom. The molecule has 3 rings (SSSR count). The lowest BCUT2D eigenvalue weighted by Gasteiger charge is -2.05. The smallest absolute Gasteiger partial charge is 0.343 e. The molecular weight excluding hydrogens is 331 g/mol. The molecule has 1 heterocycles. The molecule has 0 bridgehead atoms. The maximum atomic E-state index is 12.8. The van der Waals surface area contributed by atoms with Crippen LogP contribution in [0.2, 0.25) is 0 Å². The lowest BCUT2D eigenvalue weighted by Crippen LogP contribution is -2.21. The minimum Gasteiger partial charge on any atom is -0.423 e. The third kappa shape index (κ3) is 3.64. The number of amides is 1. The Kier molecular flexibility index (Phi) is 4.35. The van der Waals surface area contributed by atoms with Crippen molar-refractivity contribution in [3.8, 4) is 5.75 Å². The number of carbonyl (C=O) groups excluding carboxylic acids is 2. The first-order valence-electron chi connectivity index (χ1n) is 6.93. The highest BCUT2D eigenvalue weighted by Crippen LogP contribution is 2.16. The number of hydrogen-bond donors (Lipinski definition) is 2. The van der Waals surface area contributed by atoms with Crippen molar-refractivity contribution < 1.29 is 18.7 Å². The normalized spacial score (nSPS) is 15.1. The third-order valence-electron chi connectivity index (χ3n) is 3.20. The van der Waals surface area contributed by atoms with Crippen LogP contribution in [-0.2, 0) is 4.79 Å². The van der Waals surface area contributed by atoms with Crippen LogP contribution >= 0.6 is 12.2 Å². The van der Waals surface area contributed by atoms with Gasteiger partial charge in [-0.3, -0.25) is 10.1 Å². The van der Waals surface area contributed by atoms with Gasteiger partial charge in [-0.2, -0.15) is 0 Å². The van der Waals surface area contributed by atoms with E-state index in [-0.39, 0.29) is 16.6 Å². The molecule has 2 N–H and O–H groups in total. The Labute approximate surface area is 142 Å². The molecule has 0 aromatic heterocycles. The zero-order valence-electron chi connectivity index (χ0n) is 12.2. The maximum Gasteiger partial charge on any atom is 0.343 e. The second-order valence-electron chi connectivity index (χ2n) is 4.93. The predicted molar refractivity (Wildman–Crippen MR) is 89.7 cm³/mol. The largest absolute Gasteiger partial charge is 0.423 e. The van der Waals surface area contributed by atoms with Crippen molar-refractivity contribution in [2.24, 2.45) is 0 Å². The van der Waals surface area contributed by atoms with Gasteiger partial charge in [-0.25, -0.2) is 9.18 Å². The molecule has 2 aromatic carbocycles. The van der Waals surface area contributed by atoms with E-state index in [9.17, 15) is 14.0 Å². The lowest BCUT2D eigenvalue weighted by molar-refractivity contribution is -0.115. The van der Waals surface area contributed by atoms with Gasteiger partial charge >= 0.3 is 5.97 Å². The third-order valence-corrected chi connectivity index (χ3v) is 3.41. The van der Waals surface area contributed by atoms with Crippen molar-refractivity contribution >= 4 is 35.3 Å². The Bertz CT molecular complexity index is 845. The summed E-state index contributed by atoms with van der Waals surface area (Å²) >= 11 is 4.85. The standard InChI is InChI=1S/C17H11FN2O3S/c18-12-5-3-11(4-6-12)16(22)23-13-7-1-10(2-8-13)9-14-15(21)20-17(24)19-14/h1-9H,(H2,19,20,21,24). The minimum atomic E-state index is -0.580. The van der Waals surface area contributed by atoms with E-state index in [1.807, 2.05) is 0 Å². The first-order chi connectivity index (χ1) is 11.5. The molecule has 0 spiro atoms. The van der Waals surface area contributed by atoms with Gasteiger partial charge in [-0.05, 0) is 60.3 Å². The number of carbonyl (C=O) groups is 2. The molecule has 1 saturated heterocycles. The number of nitrogens with one attached hydrogen (secondary N) is 2. The van der Waals surface area contributed by atoms with Gasteiger partial charge in [0.25, 0.3) is 5.91 Å². The van der Waals surface area contributed by atoms with Crippen LogP contribution in [0.4, 0.5) is 4.39 Å². The topological polar surface area (TPSA) is 67.4 Å². The van der Waals surface area contributed by atoms with E-state index in [4.69, 9.17) is 17.0 Å². The molecule has 2 aromatic rings. The summed E-state index contributed by atoms with van der Waals surface area (Å²) in [6, 6.07) is 11.7. The van der Waals surface area contributed by atoms with Gasteiger partial charge in [0.2, 0.25) is 0 Å². The number of ether oxygens (including phenoxy) is 1. The minimum absolute atomic E-state index is 0.253. The summed E-state index contributed by atoms with van der Waals surface area (Å²) in [5.41, 5.74) is 1.33. The summed E-state index contributed by atoms with van der Waals surface area (Å²) in [6.45, 7) is 0. The average Bonchev–Trinajstić information content (AvgIpc) is 2.87. The molecule has 1 fully saturated rings. The van der Waals surface area contributed by atoms with Crippen molar-refractivity contribution in [2.45, 2.75) is 0 Å². The van der Waals surface area contributed by atoms with Crippen LogP contribution in [0.3, 0.4) is 0 Å². The summed E-state index contributed by atoms with van der Waals surface area (Å²) in [7, 11) is 0. The highest BCUT2D eigenvalue weighted by molar-refractivity contribution is 7.80. The monoisotopic (exact) mass is 342 g/mol. The summed E-state index contributed by atoms with van der Waals surface area (Å²) in [6.07, 6.45) is 1.63. The molecule has 5 nitrogen and oxygen atoms in total. The maximum absolute atomic E-state index is 12.8. The van der Waals surface area contributed by atoms with Crippen molar-refractivity contribution in [3.63, 3.8) is 0 Å². The summed E-state index contributed by atoms with van der Waals surface area (Å²) < 4.78 is 18.0. The Hall–Kier alpha value is -3.06. The van der Waals surface area contributed by atoms with E-state index in [1.54, 1.807) is 30.3 Å². The van der Waals surface area contributed by atoms with Crippen LogP contribution < -0.4 is 15.4 Å². The van der Waals surface area contributed by atoms with Gasteiger partial charge in [0.1, 0.15) is 17.3 Å². The Balaban J connectivity index is 1.69. The molecule has 24 heavy (non-hydrogen) atoms. The van der Waals surface area contributed by atoms with Crippen molar-refractivity contribution in [1.82, 2.24) is 10.6 Å². The predicted octanol–water partition coefficient (Wildman–Crippen LogP) is 2.39. The number of rotatable bonds is 3. The zero-order valence-corrected chi connectivity index (χ0v) is 13.0. The first kappa shape index (κ1) is 15.8. The molecule has 1 aliphatic heterocycles. The van der Waals surface area contributed by atoms with E-state index in [0.717, 1.165) is 5.56 Å². The fourth-order valence-corrected chi connectivity index (χ4v) is 2.24. The van der Waals surface area contributed by atoms with Crippen LogP contribution in [0.1, 0.15) is 15.9 Å². The number of thiocarbonyl (C=S) groups is 1. The van der Waals surface area contributed by atoms with E-state index < -0.39 is 11.8 Å². The fraction of sp³-hybridized carbons (Fsp3) is 0. The molecule has 0 saturated carbocycles. The van der Waals surface area contributed by atoms with Crippen LogP contribution in [0.5, 0.6) is 5.75 Å². The summed E-state index contributed by atoms with van der Waals surface area (Å²) in [4.78, 5) is 23.5. The van der Waals surface area contributed by atoms with Gasteiger partial charge in [0.15, 0.2) is 5.11 Å². The molecule has 1 aliphatic rings. The zero-order chi connectivity index (χ0) is 17.1. The second kappa shape index (κ2) is 6.59. The van der Waals surface area contributed by atoms with Crippen LogP contribution in [0.25, 0.3) is 6.08 Å². The summed E-state index contributed by atoms with van der Waals surface area (Å²) in [5, 5.41) is 5.46. The molecule has 0 aliphatic carbocycles. The van der Waals surface area contributed by atoms with E-state index in [2.05, 4.69) is 10.6 Å². The van der Waals surface area contributed by atoms with Crippen LogP contribution in [0.15, 0.2) is 54.2 Å². The quantitative estimate of drug-likeness (QED) is 0.388. The molecule has 120 valence electrons. The van der Waals surface area contributed by atoms with Crippen LogP contribution in [0, 0.1) is 5.82 Å². The highest BCUT2D eigenvalue weighted by Gasteiger charge is 2.19. The van der Waals surface area contributed by atoms with E-state index in [1.165, 1.54) is 24.3 Å². The molecule has 0 atom stereocenters. The SMILES string of the molecule is O=C1NC(=S)NC1=Cc1ccc(OC(=O)c2ccc(F)cc2)cc1. The van der Waals surface area contributed by atoms with Gasteiger partial charge in [0, 0.05) is 0 Å². The first-order valence-corrected chi connectivity index (χ1v) is 7.34. The van der Waals surface area contributed by atoms with Crippen molar-refractivity contribution in [3.05, 3.63) is 71.2 Å². The van der Waals surface area contributed by atoms with E-state index >= 15 is 0 Å². The second-order valence-corrected chi connectivity index (χ2v) is 5.34. The lowest BCUT2D eigenvalue weighted by atomic mass is 10.2. The number of hydrogen-bond acceptors (Lipinski definition) is 4. The van der Waals surface area contributed by atoms with Gasteiger partial charge in [-0.15, -0.1) is 0 Å². The fourth-order valence-electron chi connectivity index (χ4n) is 2.03. The number of esters is 1. The van der Waals surface area contributed by atoms with E-state index in [0.29, 0.717) is 11.4 Å². The molecule has 0 radical (unpaired) electrons. The van der Waals surface area contributed by atoms with Crippen LogP contribution in [-0.4, -0.2) is 17.0 Å². The molecule has 1 amide bonds. The number of halogens is 1. The van der Waals surface area contributed by atoms with Crippen molar-refractivity contribution in [1.29, 1.82) is 0 Å². The number of benzene rings is 2.